The molecule has 4 N–H and O–H groups in total. The van der Waals surface area contributed by atoms with Gasteiger partial charge in [-0.1, -0.05) is 11.8 Å². The van der Waals surface area contributed by atoms with Crippen LogP contribution in [0.5, 0.6) is 0 Å². The van der Waals surface area contributed by atoms with E-state index >= 15 is 0 Å². The second kappa shape index (κ2) is 2.26. The van der Waals surface area contributed by atoms with Gasteiger partial charge in [0.25, 0.3) is 0 Å². The van der Waals surface area contributed by atoms with E-state index in [2.05, 4.69) is 5.43 Å². The largest absolute Gasteiger partial charge is 0.430 e. The van der Waals surface area contributed by atoms with Crippen molar-refractivity contribution in [2.75, 3.05) is 5.88 Å². The van der Waals surface area contributed by atoms with Crippen LogP contribution in [0.3, 0.4) is 0 Å². The fourth-order valence-electron chi connectivity index (χ4n) is 0.506. The summed E-state index contributed by atoms with van der Waals surface area (Å²) in [4.78, 5) is -2.31. The Labute approximate surface area is 59.5 Å². The first-order valence-electron chi connectivity index (χ1n) is 2.45. The lowest BCUT2D eigenvalue weighted by molar-refractivity contribution is -0.166. The lowest BCUT2D eigenvalue weighted by atomic mass is 10.5. The molecule has 3 nitrogen and oxygen atoms in total. The maximum atomic E-state index is 11.9. The van der Waals surface area contributed by atoms with Crippen molar-refractivity contribution in [2.45, 2.75) is 11.2 Å². The highest BCUT2D eigenvalue weighted by molar-refractivity contribution is 8.00. The molecule has 60 valence electrons. The van der Waals surface area contributed by atoms with Gasteiger partial charge in [-0.3, -0.25) is 5.73 Å². The first-order chi connectivity index (χ1) is 4.46. The van der Waals surface area contributed by atoms with E-state index in [0.29, 0.717) is 11.8 Å². The van der Waals surface area contributed by atoms with E-state index in [-0.39, 0.29) is 5.88 Å². The second-order valence-electron chi connectivity index (χ2n) is 1.82. The fraction of sp³-hybridized carbons (Fsp3) is 1.00. The molecular formula is C3H6F3N3S. The lowest BCUT2D eigenvalue weighted by Gasteiger charge is -2.24. The van der Waals surface area contributed by atoms with Crippen LogP contribution >= 0.6 is 11.8 Å². The highest BCUT2D eigenvalue weighted by atomic mass is 32.2. The van der Waals surface area contributed by atoms with Crippen molar-refractivity contribution in [3.8, 4) is 0 Å². The Morgan fingerprint density at radius 3 is 2.30 bits per heavy atom. The zero-order valence-electron chi connectivity index (χ0n) is 4.83. The van der Waals surface area contributed by atoms with Crippen LogP contribution in [0.25, 0.3) is 0 Å². The van der Waals surface area contributed by atoms with Crippen molar-refractivity contribution < 1.29 is 13.2 Å². The molecule has 0 amide bonds. The number of hydrogen-bond donors (Lipinski definition) is 3. The Kier molecular flexibility index (Phi) is 1.84. The number of nitrogens with one attached hydrogen (secondary N) is 2. The maximum absolute atomic E-state index is 11.9. The third kappa shape index (κ3) is 1.22. The number of hydrazine groups is 1. The van der Waals surface area contributed by atoms with E-state index in [4.69, 9.17) is 5.73 Å². The van der Waals surface area contributed by atoms with Crippen LogP contribution in [-0.2, 0) is 0 Å². The molecule has 1 heterocycles. The second-order valence-corrected chi connectivity index (χ2v) is 3.05. The van der Waals surface area contributed by atoms with Gasteiger partial charge < -0.3 is 0 Å². The quantitative estimate of drug-likeness (QED) is 0.481. The van der Waals surface area contributed by atoms with Gasteiger partial charge in [-0.2, -0.15) is 13.2 Å². The Bertz CT molecular complexity index is 129. The standard InChI is InChI=1S/C3H6F3N3S/c4-2(5,6)3(7)9-8-1-10-3/h8-9H,1,7H2. The zero-order valence-corrected chi connectivity index (χ0v) is 5.64. The van der Waals surface area contributed by atoms with Gasteiger partial charge >= 0.3 is 6.18 Å². The molecule has 0 aromatic rings. The molecule has 0 radical (unpaired) electrons. The van der Waals surface area contributed by atoms with Crippen LogP contribution in [0.1, 0.15) is 0 Å². The summed E-state index contributed by atoms with van der Waals surface area (Å²) in [6.45, 7) is 0. The van der Waals surface area contributed by atoms with Crippen molar-refractivity contribution in [3.05, 3.63) is 0 Å². The molecule has 1 aliphatic heterocycles. The SMILES string of the molecule is NC1(C(F)(F)F)NNCS1. The van der Waals surface area contributed by atoms with Crippen LogP contribution in [0.2, 0.25) is 0 Å². The van der Waals surface area contributed by atoms with Crippen molar-refractivity contribution in [2.24, 2.45) is 5.73 Å². The van der Waals surface area contributed by atoms with Crippen molar-refractivity contribution in [1.82, 2.24) is 10.9 Å². The molecule has 0 aromatic carbocycles. The monoisotopic (exact) mass is 173 g/mol. The molecule has 0 bridgehead atoms. The Morgan fingerprint density at radius 2 is 2.10 bits per heavy atom. The summed E-state index contributed by atoms with van der Waals surface area (Å²) in [6, 6.07) is 0. The molecule has 1 unspecified atom stereocenters. The van der Waals surface area contributed by atoms with Gasteiger partial charge in [-0.15, -0.1) is 0 Å². The number of thioether (sulfide) groups is 1. The van der Waals surface area contributed by atoms with Gasteiger partial charge in [0.15, 0.2) is 0 Å². The normalized spacial score (nSPS) is 34.8. The molecule has 0 aromatic heterocycles. The van der Waals surface area contributed by atoms with Crippen LogP contribution in [0.15, 0.2) is 0 Å². The van der Waals surface area contributed by atoms with E-state index in [9.17, 15) is 13.2 Å². The van der Waals surface area contributed by atoms with Gasteiger partial charge in [-0.25, -0.2) is 10.9 Å². The Morgan fingerprint density at radius 1 is 1.50 bits per heavy atom. The Balaban J connectivity index is 2.67. The maximum Gasteiger partial charge on any atom is 0.430 e. The van der Waals surface area contributed by atoms with Crippen molar-refractivity contribution >= 4 is 11.8 Å². The summed E-state index contributed by atoms with van der Waals surface area (Å²) in [5.74, 6) is 0.163. The Hall–Kier alpha value is 0.0200. The highest BCUT2D eigenvalue weighted by Crippen LogP contribution is 2.36. The van der Waals surface area contributed by atoms with E-state index in [0.717, 1.165) is 0 Å². The van der Waals surface area contributed by atoms with E-state index < -0.39 is 11.2 Å². The molecule has 1 rings (SSSR count). The third-order valence-electron chi connectivity index (χ3n) is 1.07. The van der Waals surface area contributed by atoms with E-state index in [1.807, 2.05) is 5.43 Å². The minimum absolute atomic E-state index is 0.163. The summed E-state index contributed by atoms with van der Waals surface area (Å²) in [5, 5.41) is 0. The summed E-state index contributed by atoms with van der Waals surface area (Å²) in [5.41, 5.74) is 9.13. The average molecular weight is 173 g/mol. The van der Waals surface area contributed by atoms with Gasteiger partial charge in [0.2, 0.25) is 4.99 Å². The molecule has 1 fully saturated rings. The topological polar surface area (TPSA) is 50.1 Å². The number of halogens is 3. The van der Waals surface area contributed by atoms with Crippen molar-refractivity contribution in [3.63, 3.8) is 0 Å². The van der Waals surface area contributed by atoms with Crippen LogP contribution in [0, 0.1) is 0 Å². The zero-order chi connectivity index (χ0) is 7.83. The minimum atomic E-state index is -4.42. The number of alkyl halides is 3. The predicted octanol–water partition coefficient (Wildman–Crippen LogP) is -0.0403. The summed E-state index contributed by atoms with van der Waals surface area (Å²) in [7, 11) is 0. The molecule has 10 heavy (non-hydrogen) atoms. The first kappa shape index (κ1) is 8.12. The molecule has 0 aliphatic carbocycles. The number of rotatable bonds is 0. The van der Waals surface area contributed by atoms with Gasteiger partial charge in [-0.05, 0) is 0 Å². The molecule has 1 saturated heterocycles. The van der Waals surface area contributed by atoms with E-state index in [1.165, 1.54) is 0 Å². The van der Waals surface area contributed by atoms with Gasteiger partial charge in [0.1, 0.15) is 0 Å². The molecular weight excluding hydrogens is 167 g/mol. The van der Waals surface area contributed by atoms with Crippen LogP contribution in [-0.4, -0.2) is 17.0 Å². The molecule has 1 atom stereocenters. The minimum Gasteiger partial charge on any atom is -0.296 e. The predicted molar refractivity (Wildman–Crippen MR) is 31.7 cm³/mol. The fourth-order valence-corrected chi connectivity index (χ4v) is 1.19. The van der Waals surface area contributed by atoms with Gasteiger partial charge in [0.05, 0.1) is 5.88 Å². The number of hydrogen-bond acceptors (Lipinski definition) is 4. The van der Waals surface area contributed by atoms with Crippen molar-refractivity contribution in [1.29, 1.82) is 0 Å². The average Bonchev–Trinajstić information content (AvgIpc) is 2.13. The summed E-state index contributed by atoms with van der Waals surface area (Å²) in [6.07, 6.45) is -4.42. The summed E-state index contributed by atoms with van der Waals surface area (Å²) >= 11 is 0.582. The molecule has 0 saturated carbocycles. The van der Waals surface area contributed by atoms with Crippen LogP contribution in [0.4, 0.5) is 13.2 Å². The van der Waals surface area contributed by atoms with Gasteiger partial charge in [0, 0.05) is 0 Å². The number of nitrogens with two attached hydrogens (primary N) is 1. The molecule has 0 spiro atoms. The van der Waals surface area contributed by atoms with E-state index in [1.54, 1.807) is 0 Å². The summed E-state index contributed by atoms with van der Waals surface area (Å²) < 4.78 is 35.7. The first-order valence-corrected chi connectivity index (χ1v) is 3.44. The molecule has 7 heteroatoms. The smallest absolute Gasteiger partial charge is 0.296 e. The van der Waals surface area contributed by atoms with Crippen LogP contribution < -0.4 is 16.6 Å². The lowest BCUT2D eigenvalue weighted by Crippen LogP contribution is -2.60. The molecule has 1 aliphatic rings. The highest BCUT2D eigenvalue weighted by Gasteiger charge is 2.54. The third-order valence-corrected chi connectivity index (χ3v) is 2.14.